The third-order valence-electron chi connectivity index (χ3n) is 8.34. The van der Waals surface area contributed by atoms with Gasteiger partial charge in [-0.2, -0.15) is 5.21 Å². The van der Waals surface area contributed by atoms with Crippen LogP contribution in [0.3, 0.4) is 0 Å². The van der Waals surface area contributed by atoms with Crippen molar-refractivity contribution in [1.82, 2.24) is 29.9 Å². The Hall–Kier alpha value is -4.51. The van der Waals surface area contributed by atoms with Gasteiger partial charge in [0, 0.05) is 59.7 Å². The highest BCUT2D eigenvalue weighted by Crippen LogP contribution is 2.45. The Morgan fingerprint density at radius 2 is 1.62 bits per heavy atom. The molecule has 0 aliphatic heterocycles. The summed E-state index contributed by atoms with van der Waals surface area (Å²) in [4.78, 5) is 0. The van der Waals surface area contributed by atoms with E-state index in [0.717, 1.165) is 62.1 Å². The SMILES string of the molecule is CCCCS(=O)(=O)NCCc1c(CCOc2ccc(-c3nn[nH]n3)cc2)c2c(-c3ccccc3)c(Cl)c(-c3ccccc3)cc2n1C. The van der Waals surface area contributed by atoms with Crippen LogP contribution in [0, 0.1) is 0 Å². The van der Waals surface area contributed by atoms with Crippen molar-refractivity contribution in [2.45, 2.75) is 32.6 Å². The normalized spacial score (nSPS) is 11.7. The summed E-state index contributed by atoms with van der Waals surface area (Å²) in [5, 5.41) is 15.9. The molecule has 47 heavy (non-hydrogen) atoms. The number of halogens is 1. The van der Waals surface area contributed by atoms with Gasteiger partial charge < -0.3 is 9.30 Å². The number of rotatable bonds is 14. The van der Waals surface area contributed by atoms with E-state index >= 15 is 0 Å². The number of fused-ring (bicyclic) bond motifs is 1. The van der Waals surface area contributed by atoms with E-state index in [1.54, 1.807) is 0 Å². The van der Waals surface area contributed by atoms with Gasteiger partial charge in [-0.3, -0.25) is 0 Å². The minimum Gasteiger partial charge on any atom is -0.493 e. The first-order valence-corrected chi connectivity index (χ1v) is 17.8. The van der Waals surface area contributed by atoms with Crippen molar-refractivity contribution in [3.63, 3.8) is 0 Å². The first-order chi connectivity index (χ1) is 22.9. The monoisotopic (exact) mass is 668 g/mol. The molecule has 4 aromatic carbocycles. The molecule has 2 heterocycles. The number of nitrogens with one attached hydrogen (secondary N) is 2. The lowest BCUT2D eigenvalue weighted by atomic mass is 9.92. The molecule has 9 nitrogen and oxygen atoms in total. The van der Waals surface area contributed by atoms with Crippen LogP contribution < -0.4 is 9.46 Å². The number of H-pyrrole nitrogens is 1. The van der Waals surface area contributed by atoms with Gasteiger partial charge in [0.2, 0.25) is 15.8 Å². The number of tetrazole rings is 1. The van der Waals surface area contributed by atoms with Crippen molar-refractivity contribution < 1.29 is 13.2 Å². The predicted molar refractivity (Wildman–Crippen MR) is 188 cm³/mol. The number of aromatic nitrogens is 5. The lowest BCUT2D eigenvalue weighted by Crippen LogP contribution is -2.29. The molecule has 0 aliphatic rings. The van der Waals surface area contributed by atoms with E-state index in [1.165, 1.54) is 0 Å². The van der Waals surface area contributed by atoms with E-state index in [0.29, 0.717) is 43.3 Å². The van der Waals surface area contributed by atoms with Crippen molar-refractivity contribution in [3.8, 4) is 39.4 Å². The van der Waals surface area contributed by atoms with Crippen molar-refractivity contribution >= 4 is 32.5 Å². The number of hydrogen-bond donors (Lipinski definition) is 2. The Morgan fingerprint density at radius 3 is 2.28 bits per heavy atom. The maximum absolute atomic E-state index is 12.7. The number of ether oxygens (including phenoxy) is 1. The van der Waals surface area contributed by atoms with E-state index < -0.39 is 10.0 Å². The second kappa shape index (κ2) is 14.5. The number of sulfonamides is 1. The lowest BCUT2D eigenvalue weighted by molar-refractivity contribution is 0.322. The van der Waals surface area contributed by atoms with Crippen LogP contribution in [0.25, 0.3) is 44.5 Å². The van der Waals surface area contributed by atoms with E-state index in [-0.39, 0.29) is 5.75 Å². The quantitative estimate of drug-likeness (QED) is 0.127. The molecular weight excluding hydrogens is 632 g/mol. The number of nitrogens with zero attached hydrogens (tertiary/aromatic N) is 4. The zero-order valence-electron chi connectivity index (χ0n) is 26.4. The fraction of sp³-hybridized carbons (Fsp3) is 0.250. The maximum atomic E-state index is 12.7. The number of aryl methyl sites for hydroxylation is 1. The fourth-order valence-electron chi connectivity index (χ4n) is 5.99. The molecule has 0 unspecified atom stereocenters. The van der Waals surface area contributed by atoms with Crippen LogP contribution in [-0.2, 0) is 29.9 Å². The van der Waals surface area contributed by atoms with Crippen LogP contribution in [0.15, 0.2) is 91.0 Å². The van der Waals surface area contributed by atoms with Crippen LogP contribution in [0.5, 0.6) is 5.75 Å². The van der Waals surface area contributed by atoms with Crippen LogP contribution >= 0.6 is 11.6 Å². The van der Waals surface area contributed by atoms with Crippen LogP contribution in [-0.4, -0.2) is 52.5 Å². The number of hydrogen-bond acceptors (Lipinski definition) is 6. The molecule has 0 aliphatic carbocycles. The van der Waals surface area contributed by atoms with E-state index in [9.17, 15) is 8.42 Å². The van der Waals surface area contributed by atoms with Gasteiger partial charge in [0.25, 0.3) is 0 Å². The maximum Gasteiger partial charge on any atom is 0.211 e. The van der Waals surface area contributed by atoms with Gasteiger partial charge in [-0.05, 0) is 58.7 Å². The van der Waals surface area contributed by atoms with Crippen molar-refractivity contribution in [1.29, 1.82) is 0 Å². The topological polar surface area (TPSA) is 115 Å². The standard InChI is InChI=1S/C36H37ClN6O3S/c1-3-4-23-47(44,45)38-21-19-31-29(20-22-46-28-17-15-27(16-18-28)36-39-41-42-40-36)34-32(43(31)2)24-30(25-11-7-5-8-12-25)35(37)33(34)26-13-9-6-10-14-26/h5-18,24,38H,3-4,19-23H2,1-2H3,(H,39,40,41,42). The van der Waals surface area contributed by atoms with Gasteiger partial charge in [-0.15, -0.1) is 10.2 Å². The zero-order chi connectivity index (χ0) is 32.8. The molecule has 0 fully saturated rings. The summed E-state index contributed by atoms with van der Waals surface area (Å²) in [5.74, 6) is 1.36. The first kappa shape index (κ1) is 32.4. The predicted octanol–water partition coefficient (Wildman–Crippen LogP) is 7.23. The Bertz CT molecular complexity index is 2050. The molecule has 0 saturated carbocycles. The highest BCUT2D eigenvalue weighted by molar-refractivity contribution is 7.89. The average Bonchev–Trinajstić information content (AvgIpc) is 3.72. The second-order valence-electron chi connectivity index (χ2n) is 11.4. The molecule has 6 rings (SSSR count). The van der Waals surface area contributed by atoms with E-state index in [2.05, 4.69) is 60.2 Å². The highest BCUT2D eigenvalue weighted by Gasteiger charge is 2.24. The van der Waals surface area contributed by atoms with Gasteiger partial charge in [0.15, 0.2) is 0 Å². The van der Waals surface area contributed by atoms with E-state index in [4.69, 9.17) is 16.3 Å². The van der Waals surface area contributed by atoms with Gasteiger partial charge >= 0.3 is 0 Å². The Morgan fingerprint density at radius 1 is 0.915 bits per heavy atom. The first-order valence-electron chi connectivity index (χ1n) is 15.7. The molecular formula is C36H37ClN6O3S. The van der Waals surface area contributed by atoms with Crippen LogP contribution in [0.4, 0.5) is 0 Å². The number of aromatic amines is 1. The van der Waals surface area contributed by atoms with Crippen LogP contribution in [0.2, 0.25) is 5.02 Å². The van der Waals surface area contributed by atoms with Crippen molar-refractivity contribution in [3.05, 3.63) is 107 Å². The molecule has 0 bridgehead atoms. The van der Waals surface area contributed by atoms with Gasteiger partial charge in [-0.25, -0.2) is 13.1 Å². The molecule has 0 saturated heterocycles. The third kappa shape index (κ3) is 7.25. The summed E-state index contributed by atoms with van der Waals surface area (Å²) in [7, 11) is -1.32. The minimum atomic E-state index is -3.36. The Balaban J connectivity index is 1.41. The Kier molecular flexibility index (Phi) is 10.0. The number of benzene rings is 4. The van der Waals surface area contributed by atoms with Crippen LogP contribution in [0.1, 0.15) is 31.0 Å². The molecule has 0 radical (unpaired) electrons. The number of unbranched alkanes of at least 4 members (excludes halogenated alkanes) is 1. The largest absolute Gasteiger partial charge is 0.493 e. The highest BCUT2D eigenvalue weighted by atomic mass is 35.5. The summed E-state index contributed by atoms with van der Waals surface area (Å²) in [6.45, 7) is 2.69. The molecule has 0 atom stereocenters. The fourth-order valence-corrected chi connectivity index (χ4v) is 7.58. The third-order valence-corrected chi connectivity index (χ3v) is 10.2. The molecule has 2 aromatic heterocycles. The summed E-state index contributed by atoms with van der Waals surface area (Å²) in [6, 6.07) is 30.0. The van der Waals surface area contributed by atoms with Gasteiger partial charge in [0.1, 0.15) is 5.75 Å². The Labute approximate surface area is 280 Å². The summed E-state index contributed by atoms with van der Waals surface area (Å²) >= 11 is 7.34. The minimum absolute atomic E-state index is 0.124. The van der Waals surface area contributed by atoms with Gasteiger partial charge in [-0.1, -0.05) is 85.6 Å². The molecule has 242 valence electrons. The van der Waals surface area contributed by atoms with Crippen molar-refractivity contribution in [2.24, 2.45) is 7.05 Å². The molecule has 0 amide bonds. The molecule has 11 heteroatoms. The average molecular weight is 669 g/mol. The molecule has 0 spiro atoms. The molecule has 6 aromatic rings. The smallest absolute Gasteiger partial charge is 0.211 e. The summed E-state index contributed by atoms with van der Waals surface area (Å²) in [5.41, 5.74) is 7.90. The summed E-state index contributed by atoms with van der Waals surface area (Å²) in [6.07, 6.45) is 2.55. The molecule has 2 N–H and O–H groups in total. The van der Waals surface area contributed by atoms with Gasteiger partial charge in [0.05, 0.1) is 17.4 Å². The zero-order valence-corrected chi connectivity index (χ0v) is 28.0. The summed E-state index contributed by atoms with van der Waals surface area (Å²) < 4.78 is 36.6. The van der Waals surface area contributed by atoms with Crippen molar-refractivity contribution in [2.75, 3.05) is 18.9 Å². The second-order valence-corrected chi connectivity index (χ2v) is 13.7. The van der Waals surface area contributed by atoms with E-state index in [1.807, 2.05) is 74.6 Å². The lowest BCUT2D eigenvalue weighted by Gasteiger charge is -2.15.